The lowest BCUT2D eigenvalue weighted by atomic mass is 10.2. The van der Waals surface area contributed by atoms with Gasteiger partial charge in [-0.1, -0.05) is 12.1 Å². The van der Waals surface area contributed by atoms with Crippen molar-refractivity contribution in [1.29, 1.82) is 0 Å². The predicted molar refractivity (Wildman–Crippen MR) is 89.6 cm³/mol. The molecule has 2 aliphatic heterocycles. The lowest BCUT2D eigenvalue weighted by Gasteiger charge is -2.33. The number of nitrogens with zero attached hydrogens (tertiary/aromatic N) is 2. The summed E-state index contributed by atoms with van der Waals surface area (Å²) in [7, 11) is 0. The number of carbonyl (C=O) groups excluding carboxylic acids is 4. The summed E-state index contributed by atoms with van der Waals surface area (Å²) < 4.78 is 10.8. The van der Waals surface area contributed by atoms with Crippen LogP contribution in [0.2, 0.25) is 0 Å². The number of esters is 1. The van der Waals surface area contributed by atoms with Gasteiger partial charge in [0.15, 0.2) is 6.10 Å². The highest BCUT2D eigenvalue weighted by Gasteiger charge is 2.37. The number of nitrogens with one attached hydrogen (secondary N) is 1. The predicted octanol–water partition coefficient (Wildman–Crippen LogP) is 0.284. The Hall–Kier alpha value is -3.10. The molecular formula is C17H19N3O6. The molecule has 0 saturated carbocycles. The van der Waals surface area contributed by atoms with Crippen LogP contribution in [0, 0.1) is 0 Å². The number of hydrogen-bond acceptors (Lipinski definition) is 6. The first-order valence-corrected chi connectivity index (χ1v) is 8.22. The van der Waals surface area contributed by atoms with Gasteiger partial charge in [-0.2, -0.15) is 0 Å². The van der Waals surface area contributed by atoms with Crippen molar-refractivity contribution >= 4 is 29.5 Å². The molecule has 138 valence electrons. The second-order valence-electron chi connectivity index (χ2n) is 6.00. The number of carbonyl (C=O) groups is 4. The van der Waals surface area contributed by atoms with E-state index in [1.165, 1.54) is 18.7 Å². The first-order valence-electron chi connectivity index (χ1n) is 8.22. The fourth-order valence-corrected chi connectivity index (χ4v) is 2.86. The van der Waals surface area contributed by atoms with Gasteiger partial charge < -0.3 is 19.7 Å². The number of para-hydroxylation sites is 2. The zero-order valence-electron chi connectivity index (χ0n) is 14.4. The quantitative estimate of drug-likeness (QED) is 0.776. The van der Waals surface area contributed by atoms with Crippen LogP contribution in [0.1, 0.15) is 13.8 Å². The van der Waals surface area contributed by atoms with Gasteiger partial charge in [0.25, 0.3) is 5.91 Å². The largest absolute Gasteiger partial charge is 0.475 e. The summed E-state index contributed by atoms with van der Waals surface area (Å²) >= 11 is 0. The number of fused-ring (bicyclic) bond motifs is 1. The average molecular weight is 361 g/mol. The van der Waals surface area contributed by atoms with Crippen LogP contribution in [0.25, 0.3) is 0 Å². The summed E-state index contributed by atoms with van der Waals surface area (Å²) in [4.78, 5) is 50.5. The van der Waals surface area contributed by atoms with Crippen molar-refractivity contribution in [2.45, 2.75) is 26.1 Å². The zero-order valence-corrected chi connectivity index (χ0v) is 14.4. The minimum Gasteiger partial charge on any atom is -0.475 e. The van der Waals surface area contributed by atoms with Crippen molar-refractivity contribution in [1.82, 2.24) is 10.2 Å². The van der Waals surface area contributed by atoms with Crippen LogP contribution in [0.15, 0.2) is 24.3 Å². The number of ether oxygens (including phenoxy) is 2. The van der Waals surface area contributed by atoms with Crippen LogP contribution < -0.4 is 15.0 Å². The second-order valence-corrected chi connectivity index (χ2v) is 6.00. The number of hydrogen-bond donors (Lipinski definition) is 1. The van der Waals surface area contributed by atoms with E-state index >= 15 is 0 Å². The monoisotopic (exact) mass is 361 g/mol. The van der Waals surface area contributed by atoms with Crippen LogP contribution in [0.3, 0.4) is 0 Å². The topological polar surface area (TPSA) is 105 Å². The molecule has 2 heterocycles. The average Bonchev–Trinajstić information content (AvgIpc) is 3.05. The third-order valence-electron chi connectivity index (χ3n) is 4.18. The molecule has 3 rings (SSSR count). The Morgan fingerprint density at radius 2 is 2.00 bits per heavy atom. The van der Waals surface area contributed by atoms with E-state index in [2.05, 4.69) is 5.32 Å². The van der Waals surface area contributed by atoms with Crippen molar-refractivity contribution in [3.8, 4) is 5.75 Å². The fourth-order valence-electron chi connectivity index (χ4n) is 2.86. The lowest BCUT2D eigenvalue weighted by Crippen LogP contribution is -2.49. The highest BCUT2D eigenvalue weighted by Crippen LogP contribution is 2.33. The van der Waals surface area contributed by atoms with Gasteiger partial charge in [-0.05, 0) is 19.1 Å². The number of urea groups is 1. The molecule has 0 unspecified atom stereocenters. The third-order valence-corrected chi connectivity index (χ3v) is 4.18. The van der Waals surface area contributed by atoms with Crippen molar-refractivity contribution in [2.75, 3.05) is 24.5 Å². The highest BCUT2D eigenvalue weighted by molar-refractivity contribution is 5.99. The first kappa shape index (κ1) is 17.7. The van der Waals surface area contributed by atoms with Gasteiger partial charge in [0.1, 0.15) is 5.75 Å². The molecule has 0 aliphatic carbocycles. The number of benzene rings is 1. The second kappa shape index (κ2) is 7.03. The Labute approximate surface area is 149 Å². The number of amides is 4. The highest BCUT2D eigenvalue weighted by atomic mass is 16.6. The molecule has 2 aliphatic rings. The lowest BCUT2D eigenvalue weighted by molar-refractivity contribution is -0.163. The van der Waals surface area contributed by atoms with E-state index in [4.69, 9.17) is 9.47 Å². The van der Waals surface area contributed by atoms with Crippen molar-refractivity contribution < 1.29 is 28.7 Å². The molecule has 4 amide bonds. The Bertz CT molecular complexity index is 765. The van der Waals surface area contributed by atoms with Gasteiger partial charge in [0, 0.05) is 20.0 Å². The molecule has 1 N–H and O–H groups in total. The molecular weight excluding hydrogens is 342 g/mol. The Morgan fingerprint density at radius 1 is 1.27 bits per heavy atom. The first-order chi connectivity index (χ1) is 12.4. The summed E-state index contributed by atoms with van der Waals surface area (Å²) in [5.41, 5.74) is 0.571. The van der Waals surface area contributed by atoms with Crippen LogP contribution in [0.5, 0.6) is 5.75 Å². The Morgan fingerprint density at radius 3 is 2.65 bits per heavy atom. The summed E-state index contributed by atoms with van der Waals surface area (Å²) in [6.45, 7) is 3.36. The van der Waals surface area contributed by atoms with Crippen molar-refractivity contribution in [3.05, 3.63) is 24.3 Å². The van der Waals surface area contributed by atoms with E-state index in [0.717, 1.165) is 4.90 Å². The normalized spacial score (nSPS) is 19.9. The van der Waals surface area contributed by atoms with Gasteiger partial charge in [-0.25, -0.2) is 9.59 Å². The number of imide groups is 1. The maximum absolute atomic E-state index is 12.4. The molecule has 1 aromatic rings. The van der Waals surface area contributed by atoms with Gasteiger partial charge >= 0.3 is 12.0 Å². The van der Waals surface area contributed by atoms with E-state index < -0.39 is 30.1 Å². The molecule has 26 heavy (non-hydrogen) atoms. The Balaban J connectivity index is 1.69. The molecule has 1 fully saturated rings. The van der Waals surface area contributed by atoms with Crippen molar-refractivity contribution in [2.24, 2.45) is 0 Å². The van der Waals surface area contributed by atoms with Gasteiger partial charge in [-0.3, -0.25) is 14.5 Å². The molecule has 9 heteroatoms. The summed E-state index contributed by atoms with van der Waals surface area (Å²) in [5.74, 6) is -1.23. The summed E-state index contributed by atoms with van der Waals surface area (Å²) in [6.07, 6.45) is -2.20. The molecule has 1 aromatic carbocycles. The van der Waals surface area contributed by atoms with E-state index in [1.807, 2.05) is 0 Å². The van der Waals surface area contributed by atoms with Gasteiger partial charge in [0.05, 0.1) is 12.2 Å². The summed E-state index contributed by atoms with van der Waals surface area (Å²) in [5, 5.41) is 2.51. The van der Waals surface area contributed by atoms with Crippen molar-refractivity contribution in [3.63, 3.8) is 0 Å². The fraction of sp³-hybridized carbons (Fsp3) is 0.412. The molecule has 2 atom stereocenters. The van der Waals surface area contributed by atoms with Gasteiger partial charge in [0.2, 0.25) is 12.0 Å². The molecule has 0 aromatic heterocycles. The van der Waals surface area contributed by atoms with Gasteiger partial charge in [-0.15, -0.1) is 0 Å². The standard InChI is InChI=1S/C17H19N3O6/c1-10(15(22)19-8-7-18-17(19)24)25-16(23)14-9-20(11(2)21)12-5-3-4-6-13(12)26-14/h3-6,10,14H,7-9H2,1-2H3,(H,18,24)/t10-,14+/m0/s1. The minimum absolute atomic E-state index is 0.0176. The number of rotatable bonds is 3. The van der Waals surface area contributed by atoms with Crippen LogP contribution in [0.4, 0.5) is 10.5 Å². The maximum Gasteiger partial charge on any atom is 0.350 e. The van der Waals surface area contributed by atoms with E-state index in [1.54, 1.807) is 24.3 Å². The third kappa shape index (κ3) is 3.32. The number of anilines is 1. The SMILES string of the molecule is CC(=O)N1C[C@H](C(=O)O[C@@H](C)C(=O)N2CCNC2=O)Oc2ccccc21. The van der Waals surface area contributed by atoms with Crippen LogP contribution in [-0.2, 0) is 19.1 Å². The molecule has 0 bridgehead atoms. The van der Waals surface area contributed by atoms with E-state index in [9.17, 15) is 19.2 Å². The molecule has 9 nitrogen and oxygen atoms in total. The smallest absolute Gasteiger partial charge is 0.350 e. The van der Waals surface area contributed by atoms with E-state index in [-0.39, 0.29) is 19.0 Å². The maximum atomic E-state index is 12.4. The van der Waals surface area contributed by atoms with Crippen LogP contribution >= 0.6 is 0 Å². The van der Waals surface area contributed by atoms with Crippen LogP contribution in [-0.4, -0.2) is 60.6 Å². The molecule has 1 saturated heterocycles. The molecule has 0 spiro atoms. The minimum atomic E-state index is -1.14. The molecule has 0 radical (unpaired) electrons. The summed E-state index contributed by atoms with van der Waals surface area (Å²) in [6, 6.07) is 6.34. The van der Waals surface area contributed by atoms with E-state index in [0.29, 0.717) is 18.0 Å². The Kier molecular flexibility index (Phi) is 4.79. The zero-order chi connectivity index (χ0) is 18.8.